The summed E-state index contributed by atoms with van der Waals surface area (Å²) in [6.45, 7) is 5.51. The van der Waals surface area contributed by atoms with E-state index >= 15 is 0 Å². The van der Waals surface area contributed by atoms with Crippen LogP contribution in [0.15, 0.2) is 83.8 Å². The number of nitrogens with zero attached hydrogens (tertiary/aromatic N) is 15. The lowest BCUT2D eigenvalue weighted by Gasteiger charge is -2.30. The average Bonchev–Trinajstić information content (AvgIpc) is 1.69. The van der Waals surface area contributed by atoms with Gasteiger partial charge in [-0.05, 0) is 59.0 Å². The fourth-order valence-electron chi connectivity index (χ4n) is 13.4. The van der Waals surface area contributed by atoms with Gasteiger partial charge in [-0.3, -0.25) is 33.6 Å². The van der Waals surface area contributed by atoms with Gasteiger partial charge in [0.05, 0.1) is 39.0 Å². The number of aliphatic carboxylic acids is 1. The summed E-state index contributed by atoms with van der Waals surface area (Å²) < 4.78 is 371. The summed E-state index contributed by atoms with van der Waals surface area (Å²) in [4.78, 5) is 107. The predicted octanol–water partition coefficient (Wildman–Crippen LogP) is 11.5. The molecule has 61 heteroatoms. The Bertz CT molecular complexity index is 6320. The molecule has 0 aliphatic carbocycles. The van der Waals surface area contributed by atoms with Crippen LogP contribution < -0.4 is 16.8 Å². The lowest BCUT2D eigenvalue weighted by atomic mass is 10.0. The fraction of sp³-hybridized carbons (Fsp3) is 0.378. The maximum Gasteiger partial charge on any atom is 0.451 e. The molecule has 15 rings (SSSR count). The smallest absolute Gasteiger partial charge is 0.451 e. The second-order valence-corrected chi connectivity index (χ2v) is 31.4. The molecule has 7 N–H and O–H groups in total. The van der Waals surface area contributed by atoms with Crippen molar-refractivity contribution in [3.63, 3.8) is 0 Å². The summed E-state index contributed by atoms with van der Waals surface area (Å²) in [5.74, 6) is -33.3. The summed E-state index contributed by atoms with van der Waals surface area (Å²) in [5.41, 5.74) is 8.93. The van der Waals surface area contributed by atoms with Crippen molar-refractivity contribution in [2.45, 2.75) is 174 Å². The lowest BCUT2D eigenvalue weighted by molar-refractivity contribution is -0.231. The maximum atomic E-state index is 13.7. The standard InChI is InChI=1S/C16H15F6N5O.C16H13F6N5O.C16H12F6N4O2.C14H11F3O5.C8H5F3O2.C6H7F3N4.C6H8O4.ClH/c2*17-10-6-12(19)11(18)4-8(10)3-9(23)5-14(28)26-1-2-27-13(7-26)24-25-15(27)16(20,21)22;17-10-6-12(19)11(18)4-8(10)3-9(27)5-14(28)25-1-2-26-13(7-25)23-24-15(26)16(20,21)22;1-14(2)21-12(19)11(13(20)22-14)10(18)4-6-3-8(16)9(17)5-7(6)15;9-5-3-7(11)6(10)1-4(5)2-8(12)13;7-6(8,9)5-12-11-4-3-10-1-2-13(4)5;1-6(2)9-4(7)3-5(8)10-6;/h4,6,9H,1-3,5,7,23H2;4-6H,1-3,7,23H2;4,6H,1-3,5,7H2;3,5,18H,4H2,1-2H3;1,3H,2H2,(H,12,13);10H,1-3H2;3H2,1-2H3;1H/b;9-5-;;;;;;. The quantitative estimate of drug-likeness (QED) is 0.0121. The number of halogens is 28. The van der Waals surface area contributed by atoms with E-state index in [1.54, 1.807) is 0 Å². The molecule has 0 saturated carbocycles. The van der Waals surface area contributed by atoms with Crippen molar-refractivity contribution in [1.29, 1.82) is 0 Å². The molecule has 6 aliphatic heterocycles. The number of carboxylic acids is 1. The first-order valence-corrected chi connectivity index (χ1v) is 40.3. The van der Waals surface area contributed by atoms with Gasteiger partial charge in [0.15, 0.2) is 81.2 Å². The number of carbonyl (C=O) groups is 9. The molecule has 3 amide bonds. The van der Waals surface area contributed by atoms with Crippen LogP contribution in [0.5, 0.6) is 0 Å². The van der Waals surface area contributed by atoms with Gasteiger partial charge < -0.3 is 78.9 Å². The van der Waals surface area contributed by atoms with E-state index in [0.717, 1.165) is 29.2 Å². The molecule has 1 unspecified atom stereocenters. The van der Waals surface area contributed by atoms with E-state index in [1.165, 1.54) is 37.5 Å². The first-order chi connectivity index (χ1) is 65.9. The van der Waals surface area contributed by atoms with Crippen molar-refractivity contribution in [2.24, 2.45) is 11.5 Å². The fourth-order valence-corrected chi connectivity index (χ4v) is 13.4. The minimum Gasteiger partial charge on any atom is -0.511 e. The highest BCUT2D eigenvalue weighted by molar-refractivity contribution is 6.15. The highest BCUT2D eigenvalue weighted by Crippen LogP contribution is 2.36. The number of esters is 4. The molecule has 2 fully saturated rings. The highest BCUT2D eigenvalue weighted by atomic mass is 35.5. The number of cyclic esters (lactones) is 4. The monoisotopic (exact) mass is 2100 g/mol. The zero-order valence-corrected chi connectivity index (χ0v) is 74.1. The summed E-state index contributed by atoms with van der Waals surface area (Å²) in [6.07, 6.45) is -21.2. The van der Waals surface area contributed by atoms with Crippen LogP contribution in [-0.4, -0.2) is 181 Å². The third-order valence-electron chi connectivity index (χ3n) is 19.8. The van der Waals surface area contributed by atoms with Crippen molar-refractivity contribution in [2.75, 3.05) is 26.2 Å². The van der Waals surface area contributed by atoms with Crippen molar-refractivity contribution in [3.8, 4) is 0 Å². The topological polar surface area (TPSA) is 428 Å². The predicted molar refractivity (Wildman–Crippen MR) is 424 cm³/mol. The second-order valence-electron chi connectivity index (χ2n) is 31.4. The summed E-state index contributed by atoms with van der Waals surface area (Å²) in [5, 5.41) is 47.2. The number of carbonyl (C=O) groups excluding carboxylic acids is 8. The number of hydrogen-bond donors (Lipinski definition) is 5. The van der Waals surface area contributed by atoms with E-state index in [0.29, 0.717) is 79.6 Å². The Balaban J connectivity index is 0.000000209. The number of nitrogens with two attached hydrogens (primary N) is 2. The van der Waals surface area contributed by atoms with Gasteiger partial charge in [-0.25, -0.2) is 75.4 Å². The number of hydrogen-bond acceptors (Lipinski definition) is 25. The zero-order chi connectivity index (χ0) is 106. The number of allylic oxidation sites excluding steroid dienone is 2. The number of aliphatic hydroxyl groups excluding tert-OH is 1. The first-order valence-electron chi connectivity index (χ1n) is 40.3. The van der Waals surface area contributed by atoms with Crippen LogP contribution in [0.4, 0.5) is 119 Å². The lowest BCUT2D eigenvalue weighted by Crippen LogP contribution is -2.42. The van der Waals surface area contributed by atoms with Gasteiger partial charge >= 0.3 is 54.6 Å². The zero-order valence-electron chi connectivity index (χ0n) is 73.2. The number of nitrogens with one attached hydrogen (secondary N) is 1. The van der Waals surface area contributed by atoms with Crippen molar-refractivity contribution < 1.29 is 191 Å². The number of alkyl halides is 12. The number of aliphatic hydroxyl groups is 1. The Kier molecular flexibility index (Phi) is 37.0. The Labute approximate surface area is 790 Å². The molecule has 0 radical (unpaired) electrons. The number of amides is 3. The molecule has 143 heavy (non-hydrogen) atoms. The summed E-state index contributed by atoms with van der Waals surface area (Å²) in [6, 6.07) is 3.71. The largest absolute Gasteiger partial charge is 0.511 e. The average molecular weight is 2100 g/mol. The normalized spacial score (nSPS) is 15.5. The second kappa shape index (κ2) is 46.5. The Morgan fingerprint density at radius 1 is 0.413 bits per heavy atom. The number of benzene rings is 5. The van der Waals surface area contributed by atoms with E-state index < -0.39 is 254 Å². The van der Waals surface area contributed by atoms with Gasteiger partial charge in [0, 0.05) is 159 Å². The van der Waals surface area contributed by atoms with Crippen LogP contribution in [0, 0.1) is 87.3 Å². The van der Waals surface area contributed by atoms with Gasteiger partial charge in [-0.15, -0.1) is 53.2 Å². The number of carboxylic acid groups (broad SMARTS) is 1. The first kappa shape index (κ1) is 114. The number of fused-ring (bicyclic) bond motifs is 4. The molecule has 9 aromatic rings. The molecule has 5 aromatic carbocycles. The molecule has 776 valence electrons. The van der Waals surface area contributed by atoms with Gasteiger partial charge in [0.2, 0.25) is 41.0 Å². The van der Waals surface area contributed by atoms with Gasteiger partial charge in [0.1, 0.15) is 52.9 Å². The van der Waals surface area contributed by atoms with Crippen molar-refractivity contribution in [1.82, 2.24) is 79.1 Å². The van der Waals surface area contributed by atoms with E-state index in [9.17, 15) is 167 Å². The maximum absolute atomic E-state index is 13.7. The van der Waals surface area contributed by atoms with Gasteiger partial charge in [-0.1, -0.05) is 0 Å². The van der Waals surface area contributed by atoms with Crippen LogP contribution in [0.3, 0.4) is 0 Å². The molecular weight excluding hydrogens is 2030 g/mol. The number of ether oxygens (including phenoxy) is 4. The minimum atomic E-state index is -4.68. The summed E-state index contributed by atoms with van der Waals surface area (Å²) >= 11 is 0. The van der Waals surface area contributed by atoms with E-state index in [1.807, 2.05) is 0 Å². The number of rotatable bonds is 15. The van der Waals surface area contributed by atoms with E-state index in [2.05, 4.69) is 55.6 Å². The van der Waals surface area contributed by atoms with Crippen LogP contribution in [0.2, 0.25) is 0 Å². The van der Waals surface area contributed by atoms with Gasteiger partial charge in [0.25, 0.3) is 11.6 Å². The Morgan fingerprint density at radius 2 is 0.727 bits per heavy atom. The highest BCUT2D eigenvalue weighted by Gasteiger charge is 2.46. The molecule has 33 nitrogen and oxygen atoms in total. The molecule has 4 aromatic heterocycles. The molecule has 6 aliphatic rings. The number of Topliss-reactive ketones (excluding diaryl/α,β-unsaturated/α-hetero) is 1. The Hall–Kier alpha value is -14.5. The third-order valence-corrected chi connectivity index (χ3v) is 19.8. The molecule has 10 heterocycles. The summed E-state index contributed by atoms with van der Waals surface area (Å²) in [7, 11) is 0. The molecule has 0 bridgehead atoms. The van der Waals surface area contributed by atoms with Crippen LogP contribution in [0.25, 0.3) is 0 Å². The van der Waals surface area contributed by atoms with E-state index in [4.69, 9.17) is 26.0 Å². The molecule has 0 spiro atoms. The molecular formula is C82H72ClF27N18O15. The molecule has 1 atom stereocenters. The number of aromatic nitrogens is 12. The number of ketones is 1. The minimum absolute atomic E-state index is 0. The van der Waals surface area contributed by atoms with Crippen molar-refractivity contribution >= 4 is 65.8 Å². The van der Waals surface area contributed by atoms with Crippen LogP contribution >= 0.6 is 12.4 Å². The SMILES string of the molecule is CC1(C)OC(=O)C(=C(O)Cc2cc(F)c(F)cc2F)C(=O)O1.CC1(C)OC(=O)CC(=O)O1.Cl.FC(F)(F)c1nnc2n1CCNC2.N/C(=C\C(=O)N1CCn2c(nnc2C(F)(F)F)C1)Cc1cc(F)c(F)cc1F.NC(CC(=O)N1CCn2c(nnc2C(F)(F)F)C1)Cc1cc(F)c(F)cc1F.O=C(CC(=O)N1CCn2c(nnc2C(F)(F)F)C1)Cc1cc(F)c(F)cc1F.O=C(O)Cc1cc(F)c(F)cc1F. The Morgan fingerprint density at radius 3 is 1.10 bits per heavy atom. The van der Waals surface area contributed by atoms with E-state index in [-0.39, 0.29) is 143 Å². The third kappa shape index (κ3) is 30.8. The van der Waals surface area contributed by atoms with Crippen LogP contribution in [0.1, 0.15) is 121 Å². The van der Waals surface area contributed by atoms with Crippen LogP contribution in [-0.2, 0) is 171 Å². The van der Waals surface area contributed by atoms with Crippen molar-refractivity contribution in [3.05, 3.63) is 245 Å². The molecule has 2 saturated heterocycles. The van der Waals surface area contributed by atoms with Gasteiger partial charge in [-0.2, -0.15) is 52.7 Å².